The van der Waals surface area contributed by atoms with Gasteiger partial charge in [-0.3, -0.25) is 9.78 Å². The van der Waals surface area contributed by atoms with Crippen molar-refractivity contribution in [2.75, 3.05) is 10.6 Å². The Bertz CT molecular complexity index is 1480. The second kappa shape index (κ2) is 11.3. The number of fused-ring (bicyclic) bond motifs is 1. The molecule has 0 radical (unpaired) electrons. The Labute approximate surface area is 214 Å². The molecule has 0 spiro atoms. The van der Waals surface area contributed by atoms with Gasteiger partial charge in [0.05, 0.1) is 27.5 Å². The molecule has 4 rings (SSSR count). The van der Waals surface area contributed by atoms with E-state index in [4.69, 9.17) is 16.3 Å². The van der Waals surface area contributed by atoms with Gasteiger partial charge in [-0.15, -0.1) is 0 Å². The van der Waals surface area contributed by atoms with Crippen LogP contribution in [-0.4, -0.2) is 20.9 Å². The lowest BCUT2D eigenvalue weighted by atomic mass is 10.1. The van der Waals surface area contributed by atoms with Crippen molar-refractivity contribution in [3.63, 3.8) is 0 Å². The molecule has 4 aromatic rings. The van der Waals surface area contributed by atoms with E-state index in [1.807, 2.05) is 44.2 Å². The first kappa shape index (κ1) is 24.7. The highest BCUT2D eigenvalue weighted by Gasteiger charge is 2.12. The minimum absolute atomic E-state index is 0.173. The van der Waals surface area contributed by atoms with E-state index in [2.05, 4.69) is 44.0 Å². The molecule has 0 aliphatic carbocycles. The number of nitrogens with one attached hydrogen (secondary N) is 2. The van der Waals surface area contributed by atoms with Crippen LogP contribution in [0.4, 0.5) is 17.2 Å². The van der Waals surface area contributed by atoms with Gasteiger partial charge in [-0.25, -0.2) is 9.97 Å². The van der Waals surface area contributed by atoms with Crippen molar-refractivity contribution in [1.29, 1.82) is 0 Å². The number of hydrogen-bond donors (Lipinski definition) is 2. The third kappa shape index (κ3) is 6.17. The van der Waals surface area contributed by atoms with Crippen molar-refractivity contribution < 1.29 is 9.53 Å². The first-order chi connectivity index (χ1) is 17.4. The number of benzene rings is 2. The first-order valence-corrected chi connectivity index (χ1v) is 11.6. The lowest BCUT2D eigenvalue weighted by Crippen LogP contribution is -2.09. The number of ether oxygens (including phenoxy) is 1. The summed E-state index contributed by atoms with van der Waals surface area (Å²) in [5.41, 5.74) is 3.41. The Hall–Kier alpha value is -4.41. The second-order valence-electron chi connectivity index (χ2n) is 8.13. The third-order valence-corrected chi connectivity index (χ3v) is 5.31. The monoisotopic (exact) mass is 497 g/mol. The van der Waals surface area contributed by atoms with Gasteiger partial charge in [-0.2, -0.15) is 0 Å². The summed E-state index contributed by atoms with van der Waals surface area (Å²) in [6.07, 6.45) is 4.40. The molecule has 0 unspecified atom stereocenters. The molecule has 36 heavy (non-hydrogen) atoms. The standard InChI is InChI=1S/C28H24ClN5O2/c1-4-27(35)34-24-15-22-25(13-19(24)9-8-18(2)3)31-17-32-28(22)33-20-10-11-26(23(29)14-20)36-16-21-7-5-6-12-30-21/h4-7,10-15,17-18H,1,16H2,2-3H3,(H,34,35)(H,31,32,33). The van der Waals surface area contributed by atoms with Crippen molar-refractivity contribution >= 4 is 45.6 Å². The van der Waals surface area contributed by atoms with Crippen LogP contribution in [0.5, 0.6) is 5.75 Å². The van der Waals surface area contributed by atoms with E-state index in [9.17, 15) is 4.79 Å². The zero-order valence-corrected chi connectivity index (χ0v) is 20.6. The van der Waals surface area contributed by atoms with Crippen LogP contribution in [0.25, 0.3) is 10.9 Å². The molecular formula is C28H24ClN5O2. The molecule has 2 N–H and O–H groups in total. The summed E-state index contributed by atoms with van der Waals surface area (Å²) in [7, 11) is 0. The molecule has 0 atom stereocenters. The Kier molecular flexibility index (Phi) is 7.79. The largest absolute Gasteiger partial charge is 0.486 e. The molecule has 7 nitrogen and oxygen atoms in total. The molecule has 2 aromatic carbocycles. The van der Waals surface area contributed by atoms with Crippen molar-refractivity contribution in [2.45, 2.75) is 20.5 Å². The summed E-state index contributed by atoms with van der Waals surface area (Å²) < 4.78 is 5.81. The molecule has 0 saturated carbocycles. The van der Waals surface area contributed by atoms with Crippen molar-refractivity contribution in [2.24, 2.45) is 5.92 Å². The molecule has 8 heteroatoms. The molecule has 2 aromatic heterocycles. The molecule has 0 aliphatic heterocycles. The predicted molar refractivity (Wildman–Crippen MR) is 143 cm³/mol. The van der Waals surface area contributed by atoms with E-state index in [1.54, 1.807) is 24.4 Å². The maximum absolute atomic E-state index is 12.0. The van der Waals surface area contributed by atoms with Crippen LogP contribution >= 0.6 is 11.6 Å². The number of pyridine rings is 1. The van der Waals surface area contributed by atoms with Gasteiger partial charge in [0.25, 0.3) is 0 Å². The Morgan fingerprint density at radius 3 is 2.75 bits per heavy atom. The molecular weight excluding hydrogens is 474 g/mol. The molecule has 0 fully saturated rings. The molecule has 0 bridgehead atoms. The predicted octanol–water partition coefficient (Wildman–Crippen LogP) is 6.13. The molecule has 0 saturated heterocycles. The average molecular weight is 498 g/mol. The zero-order valence-electron chi connectivity index (χ0n) is 19.9. The van der Waals surface area contributed by atoms with Crippen LogP contribution < -0.4 is 15.4 Å². The van der Waals surface area contributed by atoms with Crippen molar-refractivity contribution in [1.82, 2.24) is 15.0 Å². The maximum Gasteiger partial charge on any atom is 0.247 e. The van der Waals surface area contributed by atoms with Gasteiger partial charge in [0.1, 0.15) is 24.5 Å². The highest BCUT2D eigenvalue weighted by molar-refractivity contribution is 6.32. The normalized spacial score (nSPS) is 10.4. The Morgan fingerprint density at radius 1 is 1.17 bits per heavy atom. The minimum Gasteiger partial charge on any atom is -0.486 e. The fourth-order valence-electron chi connectivity index (χ4n) is 3.28. The summed E-state index contributed by atoms with van der Waals surface area (Å²) in [5.74, 6) is 7.19. The number of halogens is 1. The number of nitrogens with zero attached hydrogens (tertiary/aromatic N) is 3. The van der Waals surface area contributed by atoms with Gasteiger partial charge >= 0.3 is 0 Å². The van der Waals surface area contributed by atoms with E-state index >= 15 is 0 Å². The second-order valence-corrected chi connectivity index (χ2v) is 8.54. The van der Waals surface area contributed by atoms with E-state index in [-0.39, 0.29) is 11.8 Å². The lowest BCUT2D eigenvalue weighted by Gasteiger charge is -2.13. The van der Waals surface area contributed by atoms with Crippen LogP contribution in [0.3, 0.4) is 0 Å². The summed E-state index contributed by atoms with van der Waals surface area (Å²) >= 11 is 6.47. The van der Waals surface area contributed by atoms with Crippen molar-refractivity contribution in [3.8, 4) is 17.6 Å². The summed E-state index contributed by atoms with van der Waals surface area (Å²) in [4.78, 5) is 25.1. The van der Waals surface area contributed by atoms with Gasteiger partial charge in [-0.05, 0) is 48.5 Å². The Morgan fingerprint density at radius 2 is 2.03 bits per heavy atom. The lowest BCUT2D eigenvalue weighted by molar-refractivity contribution is -0.111. The van der Waals surface area contributed by atoms with Crippen LogP contribution in [0, 0.1) is 17.8 Å². The van der Waals surface area contributed by atoms with Crippen LogP contribution in [0.2, 0.25) is 5.02 Å². The fraction of sp³-hybridized carbons (Fsp3) is 0.143. The topological polar surface area (TPSA) is 89.0 Å². The maximum atomic E-state index is 12.0. The van der Waals surface area contributed by atoms with E-state index in [0.29, 0.717) is 51.0 Å². The van der Waals surface area contributed by atoms with Crippen LogP contribution in [0.1, 0.15) is 25.1 Å². The van der Waals surface area contributed by atoms with Gasteiger partial charge in [0.2, 0.25) is 5.91 Å². The first-order valence-electron chi connectivity index (χ1n) is 11.3. The number of rotatable bonds is 7. The van der Waals surface area contributed by atoms with E-state index < -0.39 is 0 Å². The molecule has 0 aliphatic rings. The fourth-order valence-corrected chi connectivity index (χ4v) is 3.52. The van der Waals surface area contributed by atoms with Crippen molar-refractivity contribution in [3.05, 3.63) is 90.0 Å². The van der Waals surface area contributed by atoms with Gasteiger partial charge in [0, 0.05) is 23.2 Å². The summed E-state index contributed by atoms with van der Waals surface area (Å²) in [6.45, 7) is 7.84. The zero-order chi connectivity index (χ0) is 25.5. The number of anilines is 3. The average Bonchev–Trinajstić information content (AvgIpc) is 2.87. The number of carbonyl (C=O) groups excluding carboxylic acids is 1. The highest BCUT2D eigenvalue weighted by Crippen LogP contribution is 2.32. The van der Waals surface area contributed by atoms with Gasteiger partial charge < -0.3 is 15.4 Å². The van der Waals surface area contributed by atoms with Gasteiger partial charge in [0.15, 0.2) is 0 Å². The third-order valence-electron chi connectivity index (χ3n) is 5.01. The number of amides is 1. The smallest absolute Gasteiger partial charge is 0.247 e. The molecule has 180 valence electrons. The summed E-state index contributed by atoms with van der Waals surface area (Å²) in [5, 5.41) is 7.26. The summed E-state index contributed by atoms with van der Waals surface area (Å²) in [6, 6.07) is 14.7. The van der Waals surface area contributed by atoms with E-state index in [0.717, 1.165) is 5.69 Å². The van der Waals surface area contributed by atoms with Crippen LogP contribution in [-0.2, 0) is 11.4 Å². The number of hydrogen-bond acceptors (Lipinski definition) is 6. The molecule has 1 amide bonds. The Balaban J connectivity index is 1.63. The minimum atomic E-state index is -0.332. The number of aromatic nitrogens is 3. The molecule has 2 heterocycles. The SMILES string of the molecule is C=CC(=O)Nc1cc2c(Nc3ccc(OCc4ccccn4)c(Cl)c3)ncnc2cc1C#CC(C)C. The number of carbonyl (C=O) groups is 1. The quantitative estimate of drug-likeness (QED) is 0.236. The van der Waals surface area contributed by atoms with Gasteiger partial charge in [-0.1, -0.05) is 49.9 Å². The highest BCUT2D eigenvalue weighted by atomic mass is 35.5. The van der Waals surface area contributed by atoms with Crippen LogP contribution in [0.15, 0.2) is 73.7 Å². The van der Waals surface area contributed by atoms with E-state index in [1.165, 1.54) is 12.4 Å².